The Morgan fingerprint density at radius 1 is 1.28 bits per heavy atom. The molecule has 1 saturated heterocycles. The van der Waals surface area contributed by atoms with E-state index in [-0.39, 0.29) is 5.92 Å². The molecule has 1 aromatic carbocycles. The number of allylic oxidation sites excluding steroid dienone is 2. The minimum absolute atomic E-state index is 0.191. The van der Waals surface area contributed by atoms with Gasteiger partial charge in [-0.15, -0.1) is 11.8 Å². The highest BCUT2D eigenvalue weighted by Gasteiger charge is 2.41. The summed E-state index contributed by atoms with van der Waals surface area (Å²) in [5.41, 5.74) is 0.686. The zero-order chi connectivity index (χ0) is 12.6. The fourth-order valence-corrected chi connectivity index (χ4v) is 4.53. The molecule has 1 aliphatic carbocycles. The van der Waals surface area contributed by atoms with Crippen LogP contribution in [0, 0.1) is 5.92 Å². The molecule has 94 valence electrons. The standard InChI is InChI=1S/C16H18OS/c1-16(17)11-15(12-7-3-2-4-8-12)18-14-10-6-5-9-13(14)16/h2-5,7-10,13,15,17H,6,11H2,1H3/t13-,15-,16-/m0/s1. The first-order chi connectivity index (χ1) is 8.67. The van der Waals surface area contributed by atoms with Crippen molar-refractivity contribution in [3.8, 4) is 0 Å². The third kappa shape index (κ3) is 2.15. The Kier molecular flexibility index (Phi) is 3.08. The second kappa shape index (κ2) is 4.60. The predicted molar refractivity (Wildman–Crippen MR) is 77.3 cm³/mol. The molecule has 0 saturated carbocycles. The maximum atomic E-state index is 10.7. The number of rotatable bonds is 1. The van der Waals surface area contributed by atoms with Crippen LogP contribution in [0.25, 0.3) is 0 Å². The fourth-order valence-electron chi connectivity index (χ4n) is 2.82. The Hall–Kier alpha value is -0.990. The van der Waals surface area contributed by atoms with Crippen LogP contribution in [0.3, 0.4) is 0 Å². The van der Waals surface area contributed by atoms with Crippen molar-refractivity contribution < 1.29 is 5.11 Å². The lowest BCUT2D eigenvalue weighted by molar-refractivity contribution is 0.0205. The van der Waals surface area contributed by atoms with Crippen molar-refractivity contribution in [1.29, 1.82) is 0 Å². The van der Waals surface area contributed by atoms with Crippen LogP contribution in [0.1, 0.15) is 30.6 Å². The average Bonchev–Trinajstić information content (AvgIpc) is 2.39. The van der Waals surface area contributed by atoms with E-state index in [0.29, 0.717) is 5.25 Å². The molecule has 3 rings (SSSR count). The minimum Gasteiger partial charge on any atom is -0.389 e. The quantitative estimate of drug-likeness (QED) is 0.766. The van der Waals surface area contributed by atoms with Crippen LogP contribution in [-0.4, -0.2) is 10.7 Å². The van der Waals surface area contributed by atoms with Gasteiger partial charge in [0.15, 0.2) is 0 Å². The van der Waals surface area contributed by atoms with Crippen LogP contribution in [0.2, 0.25) is 0 Å². The van der Waals surface area contributed by atoms with Crippen molar-refractivity contribution in [2.75, 3.05) is 0 Å². The monoisotopic (exact) mass is 258 g/mol. The van der Waals surface area contributed by atoms with E-state index < -0.39 is 5.60 Å². The number of aliphatic hydroxyl groups is 1. The van der Waals surface area contributed by atoms with Crippen LogP contribution in [0.4, 0.5) is 0 Å². The molecule has 1 aliphatic heterocycles. The molecule has 0 bridgehead atoms. The molecule has 1 N–H and O–H groups in total. The number of hydrogen-bond acceptors (Lipinski definition) is 2. The van der Waals surface area contributed by atoms with Gasteiger partial charge in [0.05, 0.1) is 5.60 Å². The Labute approximate surface area is 113 Å². The zero-order valence-corrected chi connectivity index (χ0v) is 11.4. The number of thioether (sulfide) groups is 1. The lowest BCUT2D eigenvalue weighted by Crippen LogP contribution is -2.39. The van der Waals surface area contributed by atoms with Gasteiger partial charge in [0, 0.05) is 11.2 Å². The van der Waals surface area contributed by atoms with Crippen LogP contribution in [0.5, 0.6) is 0 Å². The number of benzene rings is 1. The second-order valence-electron chi connectivity index (χ2n) is 5.33. The van der Waals surface area contributed by atoms with Crippen molar-refractivity contribution in [3.05, 3.63) is 59.0 Å². The molecule has 1 fully saturated rings. The summed E-state index contributed by atoms with van der Waals surface area (Å²) in [5.74, 6) is 0.191. The Morgan fingerprint density at radius 2 is 2.06 bits per heavy atom. The molecular weight excluding hydrogens is 240 g/mol. The second-order valence-corrected chi connectivity index (χ2v) is 6.60. The highest BCUT2D eigenvalue weighted by atomic mass is 32.2. The third-order valence-corrected chi connectivity index (χ3v) is 5.22. The highest BCUT2D eigenvalue weighted by molar-refractivity contribution is 8.03. The molecule has 18 heavy (non-hydrogen) atoms. The molecule has 1 nitrogen and oxygen atoms in total. The molecule has 1 aromatic rings. The van der Waals surface area contributed by atoms with E-state index >= 15 is 0 Å². The van der Waals surface area contributed by atoms with Gasteiger partial charge in [0.2, 0.25) is 0 Å². The maximum Gasteiger partial charge on any atom is 0.0741 e. The first-order valence-corrected chi connectivity index (χ1v) is 7.35. The molecule has 0 radical (unpaired) electrons. The first kappa shape index (κ1) is 12.1. The summed E-state index contributed by atoms with van der Waals surface area (Å²) < 4.78 is 0. The molecule has 0 aromatic heterocycles. The lowest BCUT2D eigenvalue weighted by atomic mass is 9.81. The van der Waals surface area contributed by atoms with Crippen molar-refractivity contribution in [1.82, 2.24) is 0 Å². The highest BCUT2D eigenvalue weighted by Crippen LogP contribution is 2.53. The Balaban J connectivity index is 1.91. The number of fused-ring (bicyclic) bond motifs is 1. The van der Waals surface area contributed by atoms with Crippen molar-refractivity contribution in [3.63, 3.8) is 0 Å². The topological polar surface area (TPSA) is 20.2 Å². The summed E-state index contributed by atoms with van der Waals surface area (Å²) in [6.45, 7) is 1.97. The number of hydrogen-bond donors (Lipinski definition) is 1. The molecule has 1 heterocycles. The third-order valence-electron chi connectivity index (χ3n) is 3.81. The van der Waals surface area contributed by atoms with Gasteiger partial charge in [0.25, 0.3) is 0 Å². The van der Waals surface area contributed by atoms with E-state index in [9.17, 15) is 5.11 Å². The normalized spacial score (nSPS) is 34.9. The van der Waals surface area contributed by atoms with E-state index in [2.05, 4.69) is 42.5 Å². The Morgan fingerprint density at radius 3 is 2.83 bits per heavy atom. The SMILES string of the molecule is C[C@]1(O)C[C@@H](c2ccccc2)SC2=CCC=C[C@@H]21. The predicted octanol–water partition coefficient (Wildman–Crippen LogP) is 4.08. The van der Waals surface area contributed by atoms with Gasteiger partial charge in [-0.1, -0.05) is 48.6 Å². The van der Waals surface area contributed by atoms with E-state index in [1.54, 1.807) is 0 Å². The van der Waals surface area contributed by atoms with Crippen LogP contribution >= 0.6 is 11.8 Å². The summed E-state index contributed by atoms with van der Waals surface area (Å²) in [4.78, 5) is 1.34. The van der Waals surface area contributed by atoms with Gasteiger partial charge in [-0.2, -0.15) is 0 Å². The summed E-state index contributed by atoms with van der Waals surface area (Å²) in [6.07, 6.45) is 8.40. The van der Waals surface area contributed by atoms with Gasteiger partial charge in [-0.3, -0.25) is 0 Å². The lowest BCUT2D eigenvalue weighted by Gasteiger charge is -2.42. The molecule has 2 heteroatoms. The summed E-state index contributed by atoms with van der Waals surface area (Å²) in [6, 6.07) is 10.5. The van der Waals surface area contributed by atoms with E-state index in [0.717, 1.165) is 12.8 Å². The molecular formula is C16H18OS. The van der Waals surface area contributed by atoms with E-state index in [1.807, 2.05) is 24.8 Å². The summed E-state index contributed by atoms with van der Waals surface area (Å²) in [5, 5.41) is 11.1. The van der Waals surface area contributed by atoms with Crippen molar-refractivity contribution in [2.45, 2.75) is 30.6 Å². The van der Waals surface area contributed by atoms with Crippen LogP contribution in [-0.2, 0) is 0 Å². The summed E-state index contributed by atoms with van der Waals surface area (Å²) >= 11 is 1.92. The minimum atomic E-state index is -0.630. The van der Waals surface area contributed by atoms with Crippen molar-refractivity contribution in [2.24, 2.45) is 5.92 Å². The van der Waals surface area contributed by atoms with Crippen molar-refractivity contribution >= 4 is 11.8 Å². The molecule has 3 atom stereocenters. The summed E-state index contributed by atoms with van der Waals surface area (Å²) in [7, 11) is 0. The Bertz CT molecular complexity index is 487. The smallest absolute Gasteiger partial charge is 0.0741 e. The van der Waals surface area contributed by atoms with Gasteiger partial charge in [-0.25, -0.2) is 0 Å². The maximum absolute atomic E-state index is 10.7. The van der Waals surface area contributed by atoms with Crippen LogP contribution < -0.4 is 0 Å². The van der Waals surface area contributed by atoms with Gasteiger partial charge in [0.1, 0.15) is 0 Å². The molecule has 2 aliphatic rings. The van der Waals surface area contributed by atoms with Gasteiger partial charge < -0.3 is 5.11 Å². The van der Waals surface area contributed by atoms with Gasteiger partial charge >= 0.3 is 0 Å². The molecule has 0 spiro atoms. The first-order valence-electron chi connectivity index (χ1n) is 6.47. The zero-order valence-electron chi connectivity index (χ0n) is 10.5. The average molecular weight is 258 g/mol. The molecule has 0 unspecified atom stereocenters. The fraction of sp³-hybridized carbons (Fsp3) is 0.375. The largest absolute Gasteiger partial charge is 0.389 e. The molecule has 0 amide bonds. The van der Waals surface area contributed by atoms with Crippen LogP contribution in [0.15, 0.2) is 53.5 Å². The van der Waals surface area contributed by atoms with E-state index in [1.165, 1.54) is 10.5 Å². The van der Waals surface area contributed by atoms with E-state index in [4.69, 9.17) is 0 Å². The van der Waals surface area contributed by atoms with Gasteiger partial charge in [-0.05, 0) is 30.2 Å².